The van der Waals surface area contributed by atoms with Gasteiger partial charge in [-0.15, -0.1) is 0 Å². The Morgan fingerprint density at radius 3 is 2.08 bits per heavy atom. The quantitative estimate of drug-likeness (QED) is 0.178. The lowest BCUT2D eigenvalue weighted by molar-refractivity contribution is -0.148. The number of rotatable bonds is 12. The average Bonchev–Trinajstić information content (AvgIpc) is 2.87. The number of hydrogen-bond donors (Lipinski definition) is 1. The number of unbranched alkanes of at least 4 members (excludes halogenated alkanes) is 8. The summed E-state index contributed by atoms with van der Waals surface area (Å²) in [4.78, 5) is 24.9. The van der Waals surface area contributed by atoms with Gasteiger partial charge in [0.2, 0.25) is 0 Å². The van der Waals surface area contributed by atoms with Crippen molar-refractivity contribution < 1.29 is 27.9 Å². The van der Waals surface area contributed by atoms with Crippen LogP contribution in [0.5, 0.6) is 0 Å². The van der Waals surface area contributed by atoms with Crippen molar-refractivity contribution in [3.05, 3.63) is 64.7 Å². The van der Waals surface area contributed by atoms with Crippen molar-refractivity contribution >= 4 is 17.6 Å². The van der Waals surface area contributed by atoms with E-state index in [4.69, 9.17) is 0 Å². The molecule has 0 fully saturated rings. The number of alkyl halides is 3. The van der Waals surface area contributed by atoms with Crippen molar-refractivity contribution in [2.75, 3.05) is 4.90 Å². The van der Waals surface area contributed by atoms with E-state index in [1.807, 2.05) is 0 Å². The van der Waals surface area contributed by atoms with Crippen LogP contribution in [0.1, 0.15) is 93.9 Å². The van der Waals surface area contributed by atoms with E-state index < -0.39 is 23.6 Å². The number of amides is 1. The number of nitrogens with zero attached hydrogens (tertiary/aromatic N) is 1. The Morgan fingerprint density at radius 1 is 0.892 bits per heavy atom. The molecule has 0 atom stereocenters. The first kappa shape index (κ1) is 30.0. The SMILES string of the molecule is CCCCCCCCCCC#Cc1ccc(CN(C(=O)C(=O)O)c2ccc(C(F)(F)F)cc2CC)cc1. The molecule has 0 aromatic heterocycles. The van der Waals surface area contributed by atoms with Gasteiger partial charge in [-0.1, -0.05) is 82.8 Å². The first-order valence-electron chi connectivity index (χ1n) is 13.0. The van der Waals surface area contributed by atoms with Crippen molar-refractivity contribution in [3.63, 3.8) is 0 Å². The molecular formula is C30H36F3NO3. The summed E-state index contributed by atoms with van der Waals surface area (Å²) in [6.07, 6.45) is 6.46. The Balaban J connectivity index is 2.03. The van der Waals surface area contributed by atoms with Gasteiger partial charge in [0.1, 0.15) is 0 Å². The van der Waals surface area contributed by atoms with Crippen molar-refractivity contribution in [2.24, 2.45) is 0 Å². The van der Waals surface area contributed by atoms with Crippen LogP contribution in [0.3, 0.4) is 0 Å². The molecule has 0 aliphatic heterocycles. The molecule has 0 aliphatic carbocycles. The van der Waals surface area contributed by atoms with Gasteiger partial charge in [0.15, 0.2) is 0 Å². The molecule has 1 N–H and O–H groups in total. The highest BCUT2D eigenvalue weighted by molar-refractivity contribution is 6.37. The van der Waals surface area contributed by atoms with E-state index in [9.17, 15) is 27.9 Å². The molecule has 200 valence electrons. The fraction of sp³-hybridized carbons (Fsp3) is 0.467. The number of benzene rings is 2. The minimum Gasteiger partial charge on any atom is -0.474 e. The summed E-state index contributed by atoms with van der Waals surface area (Å²) in [5, 5.41) is 9.32. The number of hydrogen-bond acceptors (Lipinski definition) is 2. The molecule has 0 radical (unpaired) electrons. The normalized spacial score (nSPS) is 11.1. The highest BCUT2D eigenvalue weighted by atomic mass is 19.4. The van der Waals surface area contributed by atoms with Crippen molar-refractivity contribution in [2.45, 2.75) is 90.8 Å². The van der Waals surface area contributed by atoms with E-state index in [0.29, 0.717) is 5.56 Å². The van der Waals surface area contributed by atoms with Crippen molar-refractivity contribution in [1.29, 1.82) is 0 Å². The summed E-state index contributed by atoms with van der Waals surface area (Å²) in [5.74, 6) is 3.42. The molecule has 7 heteroatoms. The maximum Gasteiger partial charge on any atom is 0.416 e. The minimum atomic E-state index is -4.53. The zero-order valence-electron chi connectivity index (χ0n) is 21.7. The number of carboxylic acids is 1. The van der Waals surface area contributed by atoms with Gasteiger partial charge < -0.3 is 5.11 Å². The zero-order valence-corrected chi connectivity index (χ0v) is 21.7. The van der Waals surface area contributed by atoms with E-state index in [-0.39, 0.29) is 24.2 Å². The topological polar surface area (TPSA) is 57.6 Å². The second kappa shape index (κ2) is 15.1. The molecule has 1 amide bonds. The minimum absolute atomic E-state index is 0.0878. The van der Waals surface area contributed by atoms with E-state index in [2.05, 4.69) is 18.8 Å². The molecule has 0 saturated heterocycles. The van der Waals surface area contributed by atoms with Crippen LogP contribution in [0.2, 0.25) is 0 Å². The van der Waals surface area contributed by atoms with Gasteiger partial charge in [-0.3, -0.25) is 9.69 Å². The van der Waals surface area contributed by atoms with Crippen LogP contribution >= 0.6 is 0 Å². The lowest BCUT2D eigenvalue weighted by Crippen LogP contribution is -2.36. The smallest absolute Gasteiger partial charge is 0.416 e. The fourth-order valence-corrected chi connectivity index (χ4v) is 4.08. The number of aryl methyl sites for hydroxylation is 1. The van der Waals surface area contributed by atoms with Gasteiger partial charge in [-0.2, -0.15) is 13.2 Å². The summed E-state index contributed by atoms with van der Waals surface area (Å²) < 4.78 is 39.4. The predicted molar refractivity (Wildman–Crippen MR) is 140 cm³/mol. The lowest BCUT2D eigenvalue weighted by Gasteiger charge is -2.24. The second-order valence-electron chi connectivity index (χ2n) is 9.11. The number of carbonyl (C=O) groups is 2. The molecule has 2 aromatic rings. The van der Waals surface area contributed by atoms with E-state index in [1.54, 1.807) is 31.2 Å². The first-order chi connectivity index (χ1) is 17.7. The van der Waals surface area contributed by atoms with Gasteiger partial charge in [0.05, 0.1) is 12.1 Å². The molecule has 0 aliphatic rings. The molecule has 2 rings (SSSR count). The summed E-state index contributed by atoms with van der Waals surface area (Å²) >= 11 is 0. The van der Waals surface area contributed by atoms with Gasteiger partial charge in [-0.25, -0.2) is 4.79 Å². The zero-order chi connectivity index (χ0) is 27.3. The maximum absolute atomic E-state index is 13.1. The second-order valence-corrected chi connectivity index (χ2v) is 9.11. The van der Waals surface area contributed by atoms with Crippen molar-refractivity contribution in [3.8, 4) is 11.8 Å². The van der Waals surface area contributed by atoms with Gasteiger partial charge >= 0.3 is 18.1 Å². The molecule has 37 heavy (non-hydrogen) atoms. The van der Waals surface area contributed by atoms with Gasteiger partial charge in [0.25, 0.3) is 0 Å². The number of carboxylic acid groups (broad SMARTS) is 1. The van der Waals surface area contributed by atoms with E-state index in [0.717, 1.165) is 41.5 Å². The number of halogens is 3. The van der Waals surface area contributed by atoms with E-state index >= 15 is 0 Å². The molecule has 2 aromatic carbocycles. The standard InChI is InChI=1S/C30H36F3NO3/c1-3-5-6-7-8-9-10-11-12-13-14-23-15-17-24(18-16-23)22-34(28(35)29(36)37)27-20-19-26(30(31,32)33)21-25(27)4-2/h15-21H,3-12,22H2,1-2H3,(H,36,37). The molecule has 0 saturated carbocycles. The van der Waals surface area contributed by atoms with Crippen LogP contribution in [0, 0.1) is 11.8 Å². The van der Waals surface area contributed by atoms with Crippen LogP contribution in [-0.4, -0.2) is 17.0 Å². The molecular weight excluding hydrogens is 479 g/mol. The Bertz CT molecular complexity index is 1080. The number of aliphatic carboxylic acids is 1. The third-order valence-electron chi connectivity index (χ3n) is 6.19. The molecule has 0 heterocycles. The van der Waals surface area contributed by atoms with Gasteiger partial charge in [0, 0.05) is 17.7 Å². The van der Waals surface area contributed by atoms with Crippen LogP contribution < -0.4 is 4.90 Å². The van der Waals surface area contributed by atoms with Crippen molar-refractivity contribution in [1.82, 2.24) is 0 Å². The van der Waals surface area contributed by atoms with Crippen LogP contribution in [0.15, 0.2) is 42.5 Å². The molecule has 0 spiro atoms. The maximum atomic E-state index is 13.1. The Morgan fingerprint density at radius 2 is 1.51 bits per heavy atom. The fourth-order valence-electron chi connectivity index (χ4n) is 4.08. The molecule has 0 unspecified atom stereocenters. The number of anilines is 1. The summed E-state index contributed by atoms with van der Waals surface area (Å²) in [6.45, 7) is 3.78. The van der Waals surface area contributed by atoms with E-state index in [1.165, 1.54) is 44.9 Å². The lowest BCUT2D eigenvalue weighted by atomic mass is 10.0. The van der Waals surface area contributed by atoms with Crippen LogP contribution in [-0.2, 0) is 28.7 Å². The third-order valence-corrected chi connectivity index (χ3v) is 6.19. The summed E-state index contributed by atoms with van der Waals surface area (Å²) in [6, 6.07) is 10.1. The Kier molecular flexibility index (Phi) is 12.2. The largest absolute Gasteiger partial charge is 0.474 e. The predicted octanol–water partition coefficient (Wildman–Crippen LogP) is 7.77. The first-order valence-corrected chi connectivity index (χ1v) is 13.0. The average molecular weight is 516 g/mol. The Hall–Kier alpha value is -3.27. The highest BCUT2D eigenvalue weighted by Gasteiger charge is 2.32. The molecule has 0 bridgehead atoms. The van der Waals surface area contributed by atoms with Gasteiger partial charge in [-0.05, 0) is 54.3 Å². The Labute approximate surface area is 217 Å². The summed E-state index contributed by atoms with van der Waals surface area (Å²) in [5.41, 5.74) is 1.00. The number of carbonyl (C=O) groups excluding carboxylic acids is 1. The highest BCUT2D eigenvalue weighted by Crippen LogP contribution is 2.33. The molecule has 4 nitrogen and oxygen atoms in total. The summed E-state index contributed by atoms with van der Waals surface area (Å²) in [7, 11) is 0. The van der Waals surface area contributed by atoms with Crippen LogP contribution in [0.25, 0.3) is 0 Å². The third kappa shape index (κ3) is 9.95. The van der Waals surface area contributed by atoms with Crippen LogP contribution in [0.4, 0.5) is 18.9 Å². The monoisotopic (exact) mass is 515 g/mol.